The lowest BCUT2D eigenvalue weighted by molar-refractivity contribution is 0.592. The molecular weight excluding hydrogens is 400 g/mol. The fraction of sp³-hybridized carbons (Fsp3) is 0.188. The Hall–Kier alpha value is -1.39. The molecule has 2 aromatic carbocycles. The molecular formula is C16H12BrClN2O2S. The molecule has 0 saturated heterocycles. The van der Waals surface area contributed by atoms with Gasteiger partial charge in [-0.3, -0.25) is 0 Å². The Morgan fingerprint density at radius 2 is 1.70 bits per heavy atom. The maximum absolute atomic E-state index is 12.8. The van der Waals surface area contributed by atoms with Gasteiger partial charge in [0.2, 0.25) is 0 Å². The monoisotopic (exact) mass is 410 g/mol. The normalized spacial score (nSPS) is 26.5. The number of hydrogen-bond donors (Lipinski definition) is 1. The van der Waals surface area contributed by atoms with Gasteiger partial charge < -0.3 is 5.73 Å². The van der Waals surface area contributed by atoms with Crippen molar-refractivity contribution in [3.8, 4) is 6.07 Å². The highest BCUT2D eigenvalue weighted by Crippen LogP contribution is 2.55. The molecule has 1 saturated carbocycles. The summed E-state index contributed by atoms with van der Waals surface area (Å²) in [5.41, 5.74) is 5.39. The second kappa shape index (κ2) is 5.60. The fourth-order valence-corrected chi connectivity index (χ4v) is 5.41. The Balaban J connectivity index is 2.03. The van der Waals surface area contributed by atoms with Crippen LogP contribution < -0.4 is 5.73 Å². The van der Waals surface area contributed by atoms with Crippen molar-refractivity contribution in [1.82, 2.24) is 0 Å². The van der Waals surface area contributed by atoms with Gasteiger partial charge in [0.05, 0.1) is 11.0 Å². The lowest BCUT2D eigenvalue weighted by Crippen LogP contribution is -2.29. The van der Waals surface area contributed by atoms with Crippen LogP contribution in [0.4, 0.5) is 0 Å². The minimum Gasteiger partial charge on any atom is -0.312 e. The van der Waals surface area contributed by atoms with Gasteiger partial charge in [-0.15, -0.1) is 0 Å². The third kappa shape index (κ3) is 2.68. The van der Waals surface area contributed by atoms with Gasteiger partial charge in [0.15, 0.2) is 9.84 Å². The van der Waals surface area contributed by atoms with Gasteiger partial charge in [0.25, 0.3) is 0 Å². The molecule has 0 unspecified atom stereocenters. The van der Waals surface area contributed by atoms with Crippen LogP contribution in [0.5, 0.6) is 0 Å². The van der Waals surface area contributed by atoms with Crippen molar-refractivity contribution in [3.63, 3.8) is 0 Å². The maximum Gasteiger partial charge on any atom is 0.184 e. The van der Waals surface area contributed by atoms with E-state index in [1.807, 2.05) is 6.07 Å². The molecule has 23 heavy (non-hydrogen) atoms. The van der Waals surface area contributed by atoms with Crippen molar-refractivity contribution in [1.29, 1.82) is 5.26 Å². The van der Waals surface area contributed by atoms with E-state index in [-0.39, 0.29) is 4.90 Å². The van der Waals surface area contributed by atoms with E-state index in [2.05, 4.69) is 15.9 Å². The van der Waals surface area contributed by atoms with Crippen molar-refractivity contribution in [2.75, 3.05) is 0 Å². The highest BCUT2D eigenvalue weighted by molar-refractivity contribution is 9.10. The maximum atomic E-state index is 12.8. The molecule has 0 heterocycles. The molecule has 0 bridgehead atoms. The van der Waals surface area contributed by atoms with Crippen molar-refractivity contribution < 1.29 is 8.42 Å². The summed E-state index contributed by atoms with van der Waals surface area (Å²) >= 11 is 9.13. The average Bonchev–Trinajstić information content (AvgIpc) is 3.16. The molecule has 1 fully saturated rings. The molecule has 0 spiro atoms. The molecule has 3 atom stereocenters. The third-order valence-corrected chi connectivity index (χ3v) is 7.12. The summed E-state index contributed by atoms with van der Waals surface area (Å²) in [7, 11) is -3.73. The van der Waals surface area contributed by atoms with E-state index in [1.54, 1.807) is 24.3 Å². The first-order chi connectivity index (χ1) is 10.8. The SMILES string of the molecule is N#C[C@@]1(N)[C@H](S(=O)(=O)c2ccc(Cl)cc2)[C@@H]1c1ccc(Br)cc1. The second-order valence-electron chi connectivity index (χ2n) is 5.49. The van der Waals surface area contributed by atoms with Crippen LogP contribution in [-0.2, 0) is 9.84 Å². The number of benzene rings is 2. The smallest absolute Gasteiger partial charge is 0.184 e. The first kappa shape index (κ1) is 16.5. The predicted molar refractivity (Wildman–Crippen MR) is 91.8 cm³/mol. The molecule has 118 valence electrons. The zero-order valence-corrected chi connectivity index (χ0v) is 14.9. The average molecular weight is 412 g/mol. The van der Waals surface area contributed by atoms with Crippen molar-refractivity contribution in [3.05, 3.63) is 63.6 Å². The van der Waals surface area contributed by atoms with Crippen LogP contribution in [-0.4, -0.2) is 19.2 Å². The quantitative estimate of drug-likeness (QED) is 0.840. The van der Waals surface area contributed by atoms with E-state index >= 15 is 0 Å². The molecule has 0 radical (unpaired) electrons. The molecule has 2 N–H and O–H groups in total. The molecule has 1 aliphatic carbocycles. The molecule has 2 aromatic rings. The van der Waals surface area contributed by atoms with Crippen LogP contribution in [0.3, 0.4) is 0 Å². The van der Waals surface area contributed by atoms with E-state index in [0.717, 1.165) is 10.0 Å². The van der Waals surface area contributed by atoms with E-state index in [4.69, 9.17) is 17.3 Å². The number of nitrogens with two attached hydrogens (primary N) is 1. The summed E-state index contributed by atoms with van der Waals surface area (Å²) < 4.78 is 26.6. The van der Waals surface area contributed by atoms with Crippen molar-refractivity contribution in [2.45, 2.75) is 21.6 Å². The first-order valence-corrected chi connectivity index (χ1v) is 9.47. The minimum atomic E-state index is -3.73. The van der Waals surface area contributed by atoms with Gasteiger partial charge >= 0.3 is 0 Å². The molecule has 1 aliphatic rings. The van der Waals surface area contributed by atoms with Gasteiger partial charge in [-0.25, -0.2) is 8.42 Å². The second-order valence-corrected chi connectivity index (χ2v) is 8.91. The van der Waals surface area contributed by atoms with Crippen LogP contribution >= 0.6 is 27.5 Å². The van der Waals surface area contributed by atoms with Gasteiger partial charge in [-0.05, 0) is 42.0 Å². The molecule has 3 rings (SSSR count). The number of halogens is 2. The van der Waals surface area contributed by atoms with E-state index in [9.17, 15) is 13.7 Å². The predicted octanol–water partition coefficient (Wildman–Crippen LogP) is 3.26. The summed E-state index contributed by atoms with van der Waals surface area (Å²) in [6.07, 6.45) is 0. The van der Waals surface area contributed by atoms with Crippen LogP contribution in [0.1, 0.15) is 11.5 Å². The Morgan fingerprint density at radius 3 is 2.22 bits per heavy atom. The minimum absolute atomic E-state index is 0.122. The summed E-state index contributed by atoms with van der Waals surface area (Å²) in [5, 5.41) is 8.88. The Morgan fingerprint density at radius 1 is 1.13 bits per heavy atom. The zero-order chi connectivity index (χ0) is 16.8. The highest BCUT2D eigenvalue weighted by atomic mass is 79.9. The van der Waals surface area contributed by atoms with E-state index < -0.39 is 26.5 Å². The van der Waals surface area contributed by atoms with E-state index in [0.29, 0.717) is 5.02 Å². The van der Waals surface area contributed by atoms with Gasteiger partial charge in [-0.1, -0.05) is 39.7 Å². The zero-order valence-electron chi connectivity index (χ0n) is 11.8. The number of sulfone groups is 1. The molecule has 0 amide bonds. The van der Waals surface area contributed by atoms with E-state index in [1.165, 1.54) is 24.3 Å². The number of nitriles is 1. The molecule has 0 aliphatic heterocycles. The summed E-state index contributed by atoms with van der Waals surface area (Å²) in [6.45, 7) is 0. The van der Waals surface area contributed by atoms with Gasteiger partial charge in [-0.2, -0.15) is 5.26 Å². The van der Waals surface area contributed by atoms with Gasteiger partial charge in [0.1, 0.15) is 10.8 Å². The van der Waals surface area contributed by atoms with Crippen LogP contribution in [0.2, 0.25) is 5.02 Å². The molecule has 4 nitrogen and oxygen atoms in total. The number of nitrogens with zero attached hydrogens (tertiary/aromatic N) is 1. The number of hydrogen-bond acceptors (Lipinski definition) is 4. The Labute approximate surface area is 147 Å². The molecule has 7 heteroatoms. The summed E-state index contributed by atoms with van der Waals surface area (Å²) in [4.78, 5) is 0.122. The van der Waals surface area contributed by atoms with Crippen molar-refractivity contribution >= 4 is 37.4 Å². The number of rotatable bonds is 3. The topological polar surface area (TPSA) is 83.9 Å². The summed E-state index contributed by atoms with van der Waals surface area (Å²) in [6, 6.07) is 15.0. The van der Waals surface area contributed by atoms with Crippen molar-refractivity contribution in [2.24, 2.45) is 5.73 Å². The van der Waals surface area contributed by atoms with Gasteiger partial charge in [0, 0.05) is 15.4 Å². The fourth-order valence-electron chi connectivity index (χ4n) is 2.83. The first-order valence-electron chi connectivity index (χ1n) is 6.76. The van der Waals surface area contributed by atoms with Crippen LogP contribution in [0.25, 0.3) is 0 Å². The standard InChI is InChI=1S/C16H12BrClN2O2S/c17-11-3-1-10(2-4-11)14-15(16(14,20)9-19)23(21,22)13-7-5-12(18)6-8-13/h1-8,14-15H,20H2/t14-,15+,16-/m0/s1. The lowest BCUT2D eigenvalue weighted by Gasteiger charge is -2.04. The lowest BCUT2D eigenvalue weighted by atomic mass is 10.1. The van der Waals surface area contributed by atoms with Crippen LogP contribution in [0, 0.1) is 11.3 Å². The third-order valence-electron chi connectivity index (χ3n) is 4.08. The van der Waals surface area contributed by atoms with Crippen LogP contribution in [0.15, 0.2) is 57.9 Å². The molecule has 0 aromatic heterocycles. The summed E-state index contributed by atoms with van der Waals surface area (Å²) in [5.74, 6) is -0.554. The Bertz CT molecular complexity index is 891. The Kier molecular flexibility index (Phi) is 4.01. The highest BCUT2D eigenvalue weighted by Gasteiger charge is 2.70. The largest absolute Gasteiger partial charge is 0.312 e.